The summed E-state index contributed by atoms with van der Waals surface area (Å²) in [6, 6.07) is 2.83. The topological polar surface area (TPSA) is 106 Å². The fraction of sp³-hybridized carbons (Fsp3) is 0.444. The van der Waals surface area contributed by atoms with Crippen LogP contribution in [0.1, 0.15) is 6.92 Å². The zero-order valence-electron chi connectivity index (χ0n) is 9.64. The van der Waals surface area contributed by atoms with Gasteiger partial charge in [0.1, 0.15) is 5.82 Å². The van der Waals surface area contributed by atoms with E-state index in [0.717, 1.165) is 0 Å². The second kappa shape index (κ2) is 6.26. The van der Waals surface area contributed by atoms with Crippen LogP contribution in [0.15, 0.2) is 12.1 Å². The summed E-state index contributed by atoms with van der Waals surface area (Å²) in [6.07, 6.45) is 1.98. The number of nitrogens with zero attached hydrogens (tertiary/aromatic N) is 2. The van der Waals surface area contributed by atoms with Crippen molar-refractivity contribution in [2.75, 3.05) is 23.5 Å². The van der Waals surface area contributed by atoms with Crippen molar-refractivity contribution in [1.29, 1.82) is 0 Å². The SMILES string of the molecule is CSC(C)CNc1nc(NN)ccc1[N+](=O)[O-]. The van der Waals surface area contributed by atoms with Gasteiger partial charge in [-0.2, -0.15) is 11.8 Å². The molecule has 0 radical (unpaired) electrons. The molecule has 0 amide bonds. The Labute approximate surface area is 103 Å². The fourth-order valence-corrected chi connectivity index (χ4v) is 1.38. The zero-order chi connectivity index (χ0) is 12.8. The number of rotatable bonds is 6. The number of hydrazine groups is 1. The lowest BCUT2D eigenvalue weighted by molar-refractivity contribution is -0.384. The highest BCUT2D eigenvalue weighted by Gasteiger charge is 2.16. The van der Waals surface area contributed by atoms with Gasteiger partial charge in [0.2, 0.25) is 5.82 Å². The first-order valence-electron chi connectivity index (χ1n) is 4.97. The lowest BCUT2D eigenvalue weighted by atomic mass is 10.3. The Kier molecular flexibility index (Phi) is 4.98. The number of nitrogen functional groups attached to an aromatic ring is 1. The predicted molar refractivity (Wildman–Crippen MR) is 70.2 cm³/mol. The van der Waals surface area contributed by atoms with E-state index in [-0.39, 0.29) is 11.5 Å². The Morgan fingerprint density at radius 1 is 1.65 bits per heavy atom. The molecular weight excluding hydrogens is 242 g/mol. The number of nitro groups is 1. The Balaban J connectivity index is 2.89. The summed E-state index contributed by atoms with van der Waals surface area (Å²) in [6.45, 7) is 2.62. The lowest BCUT2D eigenvalue weighted by Gasteiger charge is -2.11. The molecule has 0 spiro atoms. The first-order chi connectivity index (χ1) is 8.08. The first-order valence-corrected chi connectivity index (χ1v) is 6.26. The Bertz CT molecular complexity index is 401. The highest BCUT2D eigenvalue weighted by atomic mass is 32.2. The highest BCUT2D eigenvalue weighted by molar-refractivity contribution is 7.99. The van der Waals surface area contributed by atoms with E-state index in [1.807, 2.05) is 13.2 Å². The van der Waals surface area contributed by atoms with Crippen molar-refractivity contribution < 1.29 is 4.92 Å². The molecule has 0 aliphatic heterocycles. The third-order valence-corrected chi connectivity index (χ3v) is 3.15. The van der Waals surface area contributed by atoms with Crippen LogP contribution in [-0.4, -0.2) is 28.0 Å². The molecule has 7 nitrogen and oxygen atoms in total. The molecule has 0 saturated heterocycles. The summed E-state index contributed by atoms with van der Waals surface area (Å²) < 4.78 is 0. The lowest BCUT2D eigenvalue weighted by Crippen LogP contribution is -2.16. The maximum absolute atomic E-state index is 10.8. The zero-order valence-corrected chi connectivity index (χ0v) is 10.5. The van der Waals surface area contributed by atoms with Crippen LogP contribution in [0.2, 0.25) is 0 Å². The number of hydrogen-bond acceptors (Lipinski definition) is 7. The summed E-state index contributed by atoms with van der Waals surface area (Å²) in [5, 5.41) is 14.1. The Morgan fingerprint density at radius 3 is 2.88 bits per heavy atom. The average Bonchev–Trinajstić information content (AvgIpc) is 2.35. The molecule has 1 unspecified atom stereocenters. The molecule has 1 rings (SSSR count). The van der Waals surface area contributed by atoms with Gasteiger partial charge in [0.05, 0.1) is 4.92 Å². The van der Waals surface area contributed by atoms with Gasteiger partial charge in [0.15, 0.2) is 0 Å². The van der Waals surface area contributed by atoms with Crippen molar-refractivity contribution in [3.05, 3.63) is 22.2 Å². The van der Waals surface area contributed by atoms with Crippen LogP contribution in [0, 0.1) is 10.1 Å². The van der Waals surface area contributed by atoms with E-state index in [4.69, 9.17) is 5.84 Å². The first kappa shape index (κ1) is 13.5. The quantitative estimate of drug-likeness (QED) is 0.402. The van der Waals surface area contributed by atoms with Gasteiger partial charge in [-0.05, 0) is 12.3 Å². The molecule has 1 aromatic rings. The standard InChI is InChI=1S/C9H15N5O2S/c1-6(17-2)5-11-9-7(14(15)16)3-4-8(12-9)13-10/h3-4,6H,5,10H2,1-2H3,(H2,11,12,13). The normalized spacial score (nSPS) is 11.9. The molecule has 0 bridgehead atoms. The van der Waals surface area contributed by atoms with E-state index in [1.54, 1.807) is 11.8 Å². The van der Waals surface area contributed by atoms with Gasteiger partial charge >= 0.3 is 5.69 Å². The third-order valence-electron chi connectivity index (χ3n) is 2.18. The minimum atomic E-state index is -0.473. The van der Waals surface area contributed by atoms with Crippen LogP contribution in [-0.2, 0) is 0 Å². The van der Waals surface area contributed by atoms with Gasteiger partial charge < -0.3 is 10.7 Å². The van der Waals surface area contributed by atoms with Gasteiger partial charge in [-0.25, -0.2) is 10.8 Å². The maximum atomic E-state index is 10.8. The van der Waals surface area contributed by atoms with Crippen molar-refractivity contribution in [1.82, 2.24) is 4.98 Å². The smallest absolute Gasteiger partial charge is 0.311 e. The number of aromatic nitrogens is 1. The van der Waals surface area contributed by atoms with E-state index in [9.17, 15) is 10.1 Å². The van der Waals surface area contributed by atoms with E-state index in [2.05, 4.69) is 15.7 Å². The summed E-state index contributed by atoms with van der Waals surface area (Å²) in [4.78, 5) is 14.4. The Morgan fingerprint density at radius 2 is 2.35 bits per heavy atom. The highest BCUT2D eigenvalue weighted by Crippen LogP contribution is 2.24. The van der Waals surface area contributed by atoms with Crippen LogP contribution in [0.5, 0.6) is 0 Å². The predicted octanol–water partition coefficient (Wildman–Crippen LogP) is 1.44. The molecule has 0 saturated carbocycles. The number of nitrogens with one attached hydrogen (secondary N) is 2. The summed E-state index contributed by atoms with van der Waals surface area (Å²) in [5.41, 5.74) is 2.30. The molecule has 1 heterocycles. The summed E-state index contributed by atoms with van der Waals surface area (Å²) in [5.74, 6) is 5.83. The second-order valence-corrected chi connectivity index (χ2v) is 4.67. The van der Waals surface area contributed by atoms with Crippen molar-refractivity contribution in [2.24, 2.45) is 5.84 Å². The summed E-state index contributed by atoms with van der Waals surface area (Å²) >= 11 is 1.67. The molecule has 1 aromatic heterocycles. The number of pyridine rings is 1. The van der Waals surface area contributed by atoms with Crippen LogP contribution in [0.3, 0.4) is 0 Å². The van der Waals surface area contributed by atoms with Gasteiger partial charge in [0.25, 0.3) is 0 Å². The van der Waals surface area contributed by atoms with Crippen LogP contribution < -0.4 is 16.6 Å². The molecule has 1 atom stereocenters. The molecule has 8 heteroatoms. The molecule has 0 fully saturated rings. The van der Waals surface area contributed by atoms with E-state index in [0.29, 0.717) is 17.6 Å². The van der Waals surface area contributed by atoms with Crippen molar-refractivity contribution in [3.8, 4) is 0 Å². The van der Waals surface area contributed by atoms with E-state index < -0.39 is 4.92 Å². The van der Waals surface area contributed by atoms with Gasteiger partial charge in [-0.1, -0.05) is 6.92 Å². The monoisotopic (exact) mass is 257 g/mol. The van der Waals surface area contributed by atoms with Crippen molar-refractivity contribution in [3.63, 3.8) is 0 Å². The van der Waals surface area contributed by atoms with Gasteiger partial charge in [-0.3, -0.25) is 10.1 Å². The van der Waals surface area contributed by atoms with E-state index in [1.165, 1.54) is 12.1 Å². The van der Waals surface area contributed by atoms with Crippen molar-refractivity contribution >= 4 is 29.1 Å². The van der Waals surface area contributed by atoms with Gasteiger partial charge in [0, 0.05) is 17.9 Å². The minimum Gasteiger partial charge on any atom is -0.363 e. The fourth-order valence-electron chi connectivity index (χ4n) is 1.13. The Hall–Kier alpha value is -1.54. The molecule has 0 aliphatic rings. The van der Waals surface area contributed by atoms with Crippen LogP contribution in [0.4, 0.5) is 17.3 Å². The molecule has 4 N–H and O–H groups in total. The minimum absolute atomic E-state index is 0.0581. The number of hydrogen-bond donors (Lipinski definition) is 3. The average molecular weight is 257 g/mol. The van der Waals surface area contributed by atoms with Crippen molar-refractivity contribution in [2.45, 2.75) is 12.2 Å². The third kappa shape index (κ3) is 3.75. The maximum Gasteiger partial charge on any atom is 0.311 e. The number of nitrogens with two attached hydrogens (primary N) is 1. The second-order valence-electron chi connectivity index (χ2n) is 3.39. The molecule has 17 heavy (non-hydrogen) atoms. The molecule has 0 aliphatic carbocycles. The van der Waals surface area contributed by atoms with E-state index >= 15 is 0 Å². The van der Waals surface area contributed by atoms with Crippen LogP contribution in [0.25, 0.3) is 0 Å². The number of thioether (sulfide) groups is 1. The molecular formula is C9H15N5O2S. The summed E-state index contributed by atoms with van der Waals surface area (Å²) in [7, 11) is 0. The largest absolute Gasteiger partial charge is 0.363 e. The van der Waals surface area contributed by atoms with Crippen LogP contribution >= 0.6 is 11.8 Å². The molecule has 94 valence electrons. The number of anilines is 2. The molecule has 0 aromatic carbocycles. The van der Waals surface area contributed by atoms with Gasteiger partial charge in [-0.15, -0.1) is 0 Å².